The monoisotopic (exact) mass is 298 g/mol. The van der Waals surface area contributed by atoms with Crippen molar-refractivity contribution in [2.75, 3.05) is 0 Å². The van der Waals surface area contributed by atoms with E-state index in [9.17, 15) is 0 Å². The Bertz CT molecular complexity index is 504. The van der Waals surface area contributed by atoms with Gasteiger partial charge in [0.25, 0.3) is 0 Å². The largest absolute Gasteiger partial charge is 0.0847 e. The maximum Gasteiger partial charge on any atom is -0.0104 e. The van der Waals surface area contributed by atoms with E-state index in [1.54, 1.807) is 11.1 Å². The second kappa shape index (κ2) is 8.98. The molecule has 0 saturated heterocycles. The van der Waals surface area contributed by atoms with E-state index in [2.05, 4.69) is 78.0 Å². The van der Waals surface area contributed by atoms with Gasteiger partial charge in [-0.25, -0.2) is 0 Å². The molecule has 122 valence electrons. The van der Waals surface area contributed by atoms with E-state index in [0.717, 1.165) is 6.42 Å². The first-order valence-electron chi connectivity index (χ1n) is 8.79. The highest BCUT2D eigenvalue weighted by atomic mass is 14.3. The predicted molar refractivity (Wildman–Crippen MR) is 101 cm³/mol. The summed E-state index contributed by atoms with van der Waals surface area (Å²) in [6.07, 6.45) is 19.7. The number of hydrogen-bond acceptors (Lipinski definition) is 0. The normalized spacial score (nSPS) is 20.5. The lowest BCUT2D eigenvalue weighted by Gasteiger charge is -2.33. The molecule has 1 aliphatic carbocycles. The zero-order chi connectivity index (χ0) is 16.6. The molecule has 1 rings (SSSR count). The summed E-state index contributed by atoms with van der Waals surface area (Å²) in [5.74, 6) is 0. The Hall–Kier alpha value is -1.30. The number of rotatable bonds is 6. The highest BCUT2D eigenvalue weighted by Crippen LogP contribution is 2.40. The van der Waals surface area contributed by atoms with Crippen molar-refractivity contribution in [3.63, 3.8) is 0 Å². The summed E-state index contributed by atoms with van der Waals surface area (Å²) in [5, 5.41) is 0. The van der Waals surface area contributed by atoms with E-state index in [-0.39, 0.29) is 0 Å². The van der Waals surface area contributed by atoms with Gasteiger partial charge in [-0.2, -0.15) is 0 Å². The first-order valence-corrected chi connectivity index (χ1v) is 8.79. The first-order chi connectivity index (χ1) is 10.4. The van der Waals surface area contributed by atoms with E-state index < -0.39 is 0 Å². The van der Waals surface area contributed by atoms with E-state index in [1.807, 2.05) is 0 Å². The van der Waals surface area contributed by atoms with E-state index in [0.29, 0.717) is 5.41 Å². The Kier molecular flexibility index (Phi) is 7.65. The van der Waals surface area contributed by atoms with Crippen molar-refractivity contribution < 1.29 is 0 Å². The van der Waals surface area contributed by atoms with Crippen LogP contribution >= 0.6 is 0 Å². The molecule has 0 spiro atoms. The third-order valence-electron chi connectivity index (χ3n) is 4.67. The van der Waals surface area contributed by atoms with Gasteiger partial charge in [-0.3, -0.25) is 0 Å². The highest BCUT2D eigenvalue weighted by Gasteiger charge is 2.26. The third-order valence-corrected chi connectivity index (χ3v) is 4.67. The van der Waals surface area contributed by atoms with Crippen LogP contribution in [0.5, 0.6) is 0 Å². The van der Waals surface area contributed by atoms with Crippen molar-refractivity contribution in [2.45, 2.75) is 73.6 Å². The fourth-order valence-corrected chi connectivity index (χ4v) is 3.13. The van der Waals surface area contributed by atoms with Crippen LogP contribution in [-0.4, -0.2) is 0 Å². The molecular formula is C22H34. The lowest BCUT2D eigenvalue weighted by molar-refractivity contribution is 0.377. The van der Waals surface area contributed by atoms with E-state index in [1.165, 1.54) is 36.8 Å². The molecule has 0 atom stereocenters. The molecule has 0 bridgehead atoms. The molecule has 0 saturated carbocycles. The molecule has 0 aromatic rings. The summed E-state index contributed by atoms with van der Waals surface area (Å²) in [5.41, 5.74) is 6.18. The SMILES string of the molecule is C/C=C(C)/C=C/C=C(\C=C\C1=C(C)CCCC1(C)C)CCC. The Morgan fingerprint density at radius 1 is 1.23 bits per heavy atom. The maximum absolute atomic E-state index is 2.38. The average molecular weight is 299 g/mol. The Morgan fingerprint density at radius 3 is 2.55 bits per heavy atom. The van der Waals surface area contributed by atoms with Gasteiger partial charge in [0.2, 0.25) is 0 Å². The third kappa shape index (κ3) is 5.83. The molecule has 0 fully saturated rings. The van der Waals surface area contributed by atoms with Gasteiger partial charge in [-0.1, -0.05) is 74.8 Å². The van der Waals surface area contributed by atoms with Crippen LogP contribution in [0.4, 0.5) is 0 Å². The van der Waals surface area contributed by atoms with Crippen molar-refractivity contribution >= 4 is 0 Å². The standard InChI is InChI=1S/C22H34/c1-7-11-20(14-9-12-18(3)8-2)15-16-21-19(4)13-10-17-22(21,5)6/h8-9,12,14-16H,7,10-11,13,17H2,1-6H3/b12-9+,16-15+,18-8+,20-14-. The summed E-state index contributed by atoms with van der Waals surface area (Å²) in [4.78, 5) is 0. The van der Waals surface area contributed by atoms with Gasteiger partial charge in [0, 0.05) is 0 Å². The van der Waals surface area contributed by atoms with Crippen LogP contribution in [0.1, 0.15) is 73.6 Å². The molecule has 0 heterocycles. The molecule has 1 aliphatic rings. The molecule has 0 aromatic carbocycles. The fraction of sp³-hybridized carbons (Fsp3) is 0.545. The second-order valence-corrected chi connectivity index (χ2v) is 7.15. The molecule has 0 aromatic heterocycles. The van der Waals surface area contributed by atoms with E-state index >= 15 is 0 Å². The van der Waals surface area contributed by atoms with Gasteiger partial charge in [-0.15, -0.1) is 0 Å². The van der Waals surface area contributed by atoms with Gasteiger partial charge < -0.3 is 0 Å². The zero-order valence-electron chi connectivity index (χ0n) is 15.5. The number of allylic oxidation sites excluding steroid dienone is 10. The fourth-order valence-electron chi connectivity index (χ4n) is 3.13. The van der Waals surface area contributed by atoms with Gasteiger partial charge >= 0.3 is 0 Å². The van der Waals surface area contributed by atoms with E-state index in [4.69, 9.17) is 0 Å². The minimum Gasteiger partial charge on any atom is -0.0847 e. The van der Waals surface area contributed by atoms with Gasteiger partial charge in [0.05, 0.1) is 0 Å². The lowest BCUT2D eigenvalue weighted by Crippen LogP contribution is -2.19. The van der Waals surface area contributed by atoms with Crippen molar-refractivity contribution in [2.24, 2.45) is 5.41 Å². The van der Waals surface area contributed by atoms with Crippen molar-refractivity contribution in [1.82, 2.24) is 0 Å². The second-order valence-electron chi connectivity index (χ2n) is 7.15. The van der Waals surface area contributed by atoms with Crippen LogP contribution in [0, 0.1) is 5.41 Å². The van der Waals surface area contributed by atoms with Crippen molar-refractivity contribution in [3.8, 4) is 0 Å². The van der Waals surface area contributed by atoms with Gasteiger partial charge in [0.1, 0.15) is 0 Å². The first kappa shape index (κ1) is 18.7. The molecule has 22 heavy (non-hydrogen) atoms. The topological polar surface area (TPSA) is 0 Å². The maximum atomic E-state index is 2.38. The Morgan fingerprint density at radius 2 is 1.95 bits per heavy atom. The van der Waals surface area contributed by atoms with Crippen molar-refractivity contribution in [1.29, 1.82) is 0 Å². The van der Waals surface area contributed by atoms with Crippen LogP contribution in [0.3, 0.4) is 0 Å². The summed E-state index contributed by atoms with van der Waals surface area (Å²) in [6.45, 7) is 13.5. The molecular weight excluding hydrogens is 264 g/mol. The number of hydrogen-bond donors (Lipinski definition) is 0. The van der Waals surface area contributed by atoms with Crippen LogP contribution in [-0.2, 0) is 0 Å². The van der Waals surface area contributed by atoms with Crippen LogP contribution < -0.4 is 0 Å². The summed E-state index contributed by atoms with van der Waals surface area (Å²) >= 11 is 0. The summed E-state index contributed by atoms with van der Waals surface area (Å²) in [6, 6.07) is 0. The highest BCUT2D eigenvalue weighted by molar-refractivity contribution is 5.37. The van der Waals surface area contributed by atoms with Crippen LogP contribution in [0.25, 0.3) is 0 Å². The lowest BCUT2D eigenvalue weighted by atomic mass is 9.72. The minimum atomic E-state index is 0.327. The molecule has 0 aliphatic heterocycles. The molecule has 0 radical (unpaired) electrons. The Labute approximate surface area is 138 Å². The smallest absolute Gasteiger partial charge is 0.0104 e. The quantitative estimate of drug-likeness (QED) is 0.451. The molecule has 0 N–H and O–H groups in total. The zero-order valence-corrected chi connectivity index (χ0v) is 15.5. The molecule has 0 heteroatoms. The summed E-state index contributed by atoms with van der Waals surface area (Å²) < 4.78 is 0. The van der Waals surface area contributed by atoms with Crippen molar-refractivity contribution in [3.05, 3.63) is 58.7 Å². The van der Waals surface area contributed by atoms with Gasteiger partial charge in [-0.05, 0) is 63.0 Å². The van der Waals surface area contributed by atoms with Crippen LogP contribution in [0.2, 0.25) is 0 Å². The molecule has 0 unspecified atom stereocenters. The summed E-state index contributed by atoms with van der Waals surface area (Å²) in [7, 11) is 0. The van der Waals surface area contributed by atoms with Crippen LogP contribution in [0.15, 0.2) is 58.7 Å². The van der Waals surface area contributed by atoms with Gasteiger partial charge in [0.15, 0.2) is 0 Å². The minimum absolute atomic E-state index is 0.327. The average Bonchev–Trinajstić information content (AvgIpc) is 2.45. The predicted octanol–water partition coefficient (Wildman–Crippen LogP) is 7.32. The Balaban J connectivity index is 2.95. The molecule has 0 amide bonds. The molecule has 0 nitrogen and oxygen atoms in total.